The van der Waals surface area contributed by atoms with E-state index in [1.54, 1.807) is 6.07 Å². The van der Waals surface area contributed by atoms with E-state index in [1.165, 1.54) is 17.8 Å². The third-order valence-corrected chi connectivity index (χ3v) is 2.94. The molecule has 2 rings (SSSR count). The SMILES string of the molecule is Cc1cc(C)c(-c2cc(C(=O)O)ccn2)c(C)c1. The molecule has 1 aromatic carbocycles. The number of nitrogens with zero attached hydrogens (tertiary/aromatic N) is 1. The van der Waals surface area contributed by atoms with Gasteiger partial charge < -0.3 is 5.11 Å². The summed E-state index contributed by atoms with van der Waals surface area (Å²) < 4.78 is 0. The Morgan fingerprint density at radius 3 is 2.28 bits per heavy atom. The molecule has 3 nitrogen and oxygen atoms in total. The van der Waals surface area contributed by atoms with Crippen LogP contribution in [0, 0.1) is 20.8 Å². The quantitative estimate of drug-likeness (QED) is 0.876. The van der Waals surface area contributed by atoms with Crippen molar-refractivity contribution in [1.82, 2.24) is 4.98 Å². The molecule has 3 heteroatoms. The predicted octanol–water partition coefficient (Wildman–Crippen LogP) is 3.37. The Hall–Kier alpha value is -2.16. The lowest BCUT2D eigenvalue weighted by Crippen LogP contribution is -1.99. The molecule has 0 unspecified atom stereocenters. The van der Waals surface area contributed by atoms with Crippen LogP contribution in [0.1, 0.15) is 27.0 Å². The monoisotopic (exact) mass is 241 g/mol. The van der Waals surface area contributed by atoms with Crippen molar-refractivity contribution in [3.63, 3.8) is 0 Å². The van der Waals surface area contributed by atoms with Gasteiger partial charge in [0.2, 0.25) is 0 Å². The van der Waals surface area contributed by atoms with Crippen LogP contribution in [0.3, 0.4) is 0 Å². The first-order valence-electron chi connectivity index (χ1n) is 5.76. The number of carbonyl (C=O) groups is 1. The average Bonchev–Trinajstić information content (AvgIpc) is 2.28. The number of rotatable bonds is 2. The van der Waals surface area contributed by atoms with Crippen molar-refractivity contribution in [2.45, 2.75) is 20.8 Å². The van der Waals surface area contributed by atoms with Gasteiger partial charge in [-0.15, -0.1) is 0 Å². The molecule has 0 aliphatic heterocycles. The average molecular weight is 241 g/mol. The summed E-state index contributed by atoms with van der Waals surface area (Å²) in [5.41, 5.74) is 5.42. The summed E-state index contributed by atoms with van der Waals surface area (Å²) in [5, 5.41) is 9.01. The fourth-order valence-electron chi connectivity index (χ4n) is 2.28. The molecule has 1 N–H and O–H groups in total. The van der Waals surface area contributed by atoms with Crippen LogP contribution in [-0.4, -0.2) is 16.1 Å². The second-order valence-electron chi connectivity index (χ2n) is 4.51. The van der Waals surface area contributed by atoms with E-state index in [0.717, 1.165) is 16.7 Å². The molecule has 0 saturated carbocycles. The van der Waals surface area contributed by atoms with Crippen molar-refractivity contribution in [2.24, 2.45) is 0 Å². The Labute approximate surface area is 106 Å². The molecule has 0 atom stereocenters. The molecule has 0 saturated heterocycles. The highest BCUT2D eigenvalue weighted by molar-refractivity contribution is 5.89. The maximum atomic E-state index is 11.0. The van der Waals surface area contributed by atoms with Crippen molar-refractivity contribution in [3.05, 3.63) is 52.7 Å². The van der Waals surface area contributed by atoms with Crippen molar-refractivity contribution in [1.29, 1.82) is 0 Å². The van der Waals surface area contributed by atoms with E-state index in [-0.39, 0.29) is 5.56 Å². The number of carboxylic acid groups (broad SMARTS) is 1. The summed E-state index contributed by atoms with van der Waals surface area (Å²) in [6.07, 6.45) is 1.54. The van der Waals surface area contributed by atoms with Crippen molar-refractivity contribution in [2.75, 3.05) is 0 Å². The van der Waals surface area contributed by atoms with Gasteiger partial charge in [-0.1, -0.05) is 17.7 Å². The molecular formula is C15H15NO2. The van der Waals surface area contributed by atoms with Gasteiger partial charge in [-0.2, -0.15) is 0 Å². The fourth-order valence-corrected chi connectivity index (χ4v) is 2.28. The summed E-state index contributed by atoms with van der Waals surface area (Å²) >= 11 is 0. The number of hydrogen-bond acceptors (Lipinski definition) is 2. The zero-order valence-corrected chi connectivity index (χ0v) is 10.7. The van der Waals surface area contributed by atoms with Crippen LogP contribution in [0.4, 0.5) is 0 Å². The van der Waals surface area contributed by atoms with Crippen LogP contribution in [-0.2, 0) is 0 Å². The van der Waals surface area contributed by atoms with Gasteiger partial charge in [0, 0.05) is 11.8 Å². The Kier molecular flexibility index (Phi) is 3.15. The molecular weight excluding hydrogens is 226 g/mol. The summed E-state index contributed by atoms with van der Waals surface area (Å²) in [5.74, 6) is -0.930. The first-order valence-corrected chi connectivity index (χ1v) is 5.76. The lowest BCUT2D eigenvalue weighted by Gasteiger charge is -2.11. The summed E-state index contributed by atoms with van der Waals surface area (Å²) in [7, 11) is 0. The predicted molar refractivity (Wildman–Crippen MR) is 70.8 cm³/mol. The maximum Gasteiger partial charge on any atom is 0.335 e. The zero-order chi connectivity index (χ0) is 13.3. The van der Waals surface area contributed by atoms with Crippen LogP contribution in [0.15, 0.2) is 30.5 Å². The minimum Gasteiger partial charge on any atom is -0.478 e. The van der Waals surface area contributed by atoms with E-state index in [2.05, 4.69) is 17.1 Å². The van der Waals surface area contributed by atoms with E-state index < -0.39 is 5.97 Å². The molecule has 0 radical (unpaired) electrons. The Morgan fingerprint density at radius 2 is 1.72 bits per heavy atom. The largest absolute Gasteiger partial charge is 0.478 e. The van der Waals surface area contributed by atoms with Gasteiger partial charge in [-0.3, -0.25) is 4.98 Å². The molecule has 0 spiro atoms. The number of hydrogen-bond donors (Lipinski definition) is 1. The highest BCUT2D eigenvalue weighted by Crippen LogP contribution is 2.27. The third kappa shape index (κ3) is 2.25. The number of aryl methyl sites for hydroxylation is 3. The van der Waals surface area contributed by atoms with Gasteiger partial charge in [-0.25, -0.2) is 4.79 Å². The Morgan fingerprint density at radius 1 is 1.11 bits per heavy atom. The zero-order valence-electron chi connectivity index (χ0n) is 10.7. The van der Waals surface area contributed by atoms with Gasteiger partial charge in [0.25, 0.3) is 0 Å². The van der Waals surface area contributed by atoms with E-state index in [0.29, 0.717) is 5.69 Å². The Bertz CT molecular complexity index is 595. The van der Waals surface area contributed by atoms with Gasteiger partial charge in [0.1, 0.15) is 0 Å². The molecule has 2 aromatic rings. The molecule has 92 valence electrons. The van der Waals surface area contributed by atoms with E-state index in [1.807, 2.05) is 20.8 Å². The smallest absolute Gasteiger partial charge is 0.335 e. The lowest BCUT2D eigenvalue weighted by molar-refractivity contribution is 0.0697. The molecule has 1 aromatic heterocycles. The van der Waals surface area contributed by atoms with E-state index in [4.69, 9.17) is 5.11 Å². The summed E-state index contributed by atoms with van der Waals surface area (Å²) in [6, 6.07) is 7.28. The molecule has 1 heterocycles. The van der Waals surface area contributed by atoms with E-state index in [9.17, 15) is 4.79 Å². The van der Waals surface area contributed by atoms with Crippen LogP contribution < -0.4 is 0 Å². The van der Waals surface area contributed by atoms with Crippen LogP contribution >= 0.6 is 0 Å². The number of pyridine rings is 1. The molecule has 0 amide bonds. The minimum atomic E-state index is -0.930. The second-order valence-corrected chi connectivity index (χ2v) is 4.51. The number of benzene rings is 1. The lowest BCUT2D eigenvalue weighted by atomic mass is 9.96. The maximum absolute atomic E-state index is 11.0. The summed E-state index contributed by atoms with van der Waals surface area (Å²) in [6.45, 7) is 6.08. The molecule has 0 aliphatic carbocycles. The highest BCUT2D eigenvalue weighted by atomic mass is 16.4. The Balaban J connectivity index is 2.62. The first kappa shape index (κ1) is 12.3. The van der Waals surface area contributed by atoms with Gasteiger partial charge >= 0.3 is 5.97 Å². The molecule has 18 heavy (non-hydrogen) atoms. The van der Waals surface area contributed by atoms with Gasteiger partial charge in [-0.05, 0) is 44.0 Å². The van der Waals surface area contributed by atoms with Crippen LogP contribution in [0.2, 0.25) is 0 Å². The standard InChI is InChI=1S/C15H15NO2/c1-9-6-10(2)14(11(3)7-9)13-8-12(15(17)18)4-5-16-13/h4-8H,1-3H3,(H,17,18). The number of aromatic nitrogens is 1. The first-order chi connectivity index (χ1) is 8.49. The number of carboxylic acids is 1. The number of aromatic carboxylic acids is 1. The minimum absolute atomic E-state index is 0.263. The fraction of sp³-hybridized carbons (Fsp3) is 0.200. The van der Waals surface area contributed by atoms with E-state index >= 15 is 0 Å². The van der Waals surface area contributed by atoms with Crippen molar-refractivity contribution >= 4 is 5.97 Å². The molecule has 0 aliphatic rings. The topological polar surface area (TPSA) is 50.2 Å². The summed E-state index contributed by atoms with van der Waals surface area (Å²) in [4.78, 5) is 15.3. The van der Waals surface area contributed by atoms with Crippen molar-refractivity contribution in [3.8, 4) is 11.3 Å². The normalized spacial score (nSPS) is 10.4. The second kappa shape index (κ2) is 4.61. The van der Waals surface area contributed by atoms with Crippen molar-refractivity contribution < 1.29 is 9.90 Å². The third-order valence-electron chi connectivity index (χ3n) is 2.94. The van der Waals surface area contributed by atoms with Crippen LogP contribution in [0.25, 0.3) is 11.3 Å². The highest BCUT2D eigenvalue weighted by Gasteiger charge is 2.10. The van der Waals surface area contributed by atoms with Gasteiger partial charge in [0.15, 0.2) is 0 Å². The molecule has 0 fully saturated rings. The van der Waals surface area contributed by atoms with Gasteiger partial charge in [0.05, 0.1) is 11.3 Å². The molecule has 0 bridgehead atoms. The van der Waals surface area contributed by atoms with Crippen LogP contribution in [0.5, 0.6) is 0 Å².